The maximum Gasteiger partial charge on any atom is 0.128 e. The molecule has 3 atom stereocenters. The fourth-order valence-electron chi connectivity index (χ4n) is 3.53. The van der Waals surface area contributed by atoms with E-state index in [1.807, 2.05) is 19.9 Å². The molecule has 0 aromatic heterocycles. The second-order valence-corrected chi connectivity index (χ2v) is 6.27. The van der Waals surface area contributed by atoms with Crippen molar-refractivity contribution in [3.63, 3.8) is 0 Å². The van der Waals surface area contributed by atoms with E-state index in [9.17, 15) is 4.39 Å². The molecule has 1 aliphatic carbocycles. The molecule has 1 fully saturated rings. The number of benzene rings is 1. The zero-order valence-corrected chi connectivity index (χ0v) is 11.9. The summed E-state index contributed by atoms with van der Waals surface area (Å²) in [6, 6.07) is 3.65. The molecular weight excluding hydrogens is 225 g/mol. The van der Waals surface area contributed by atoms with Gasteiger partial charge in [-0.2, -0.15) is 0 Å². The lowest BCUT2D eigenvalue weighted by atomic mass is 9.66. The van der Waals surface area contributed by atoms with Crippen LogP contribution in [0.15, 0.2) is 12.1 Å². The summed E-state index contributed by atoms with van der Waals surface area (Å²) in [4.78, 5) is 0. The van der Waals surface area contributed by atoms with Crippen LogP contribution < -0.4 is 5.73 Å². The van der Waals surface area contributed by atoms with Gasteiger partial charge in [-0.05, 0) is 55.7 Å². The van der Waals surface area contributed by atoms with Gasteiger partial charge < -0.3 is 5.73 Å². The van der Waals surface area contributed by atoms with Gasteiger partial charge >= 0.3 is 0 Å². The molecule has 0 bridgehead atoms. The predicted molar refractivity (Wildman–Crippen MR) is 73.9 cm³/mol. The Labute approximate surface area is 110 Å². The molecule has 0 saturated heterocycles. The summed E-state index contributed by atoms with van der Waals surface area (Å²) in [6.45, 7) is 8.28. The Morgan fingerprint density at radius 3 is 2.50 bits per heavy atom. The molecule has 2 heteroatoms. The van der Waals surface area contributed by atoms with Crippen LogP contribution in [-0.4, -0.2) is 0 Å². The molecule has 3 unspecified atom stereocenters. The summed E-state index contributed by atoms with van der Waals surface area (Å²) < 4.78 is 14.4. The first-order valence-corrected chi connectivity index (χ1v) is 6.90. The van der Waals surface area contributed by atoms with Crippen LogP contribution in [0, 0.1) is 31.5 Å². The Hall–Kier alpha value is -0.890. The molecule has 1 saturated carbocycles. The molecule has 1 aromatic carbocycles. The van der Waals surface area contributed by atoms with Crippen LogP contribution in [0.25, 0.3) is 0 Å². The minimum Gasteiger partial charge on any atom is -0.321 e. The number of nitrogens with two attached hydrogens (primary N) is 1. The quantitative estimate of drug-likeness (QED) is 0.798. The minimum absolute atomic E-state index is 0.129. The van der Waals surface area contributed by atoms with Crippen LogP contribution in [-0.2, 0) is 5.54 Å². The highest BCUT2D eigenvalue weighted by Gasteiger charge is 2.41. The summed E-state index contributed by atoms with van der Waals surface area (Å²) in [5.41, 5.74) is 8.83. The summed E-state index contributed by atoms with van der Waals surface area (Å²) in [6.07, 6.45) is 3.17. The number of aryl methyl sites for hydroxylation is 2. The fraction of sp³-hybridized carbons (Fsp3) is 0.625. The number of rotatable bonds is 1. The third-order valence-corrected chi connectivity index (χ3v) is 4.56. The number of hydrogen-bond acceptors (Lipinski definition) is 1. The van der Waals surface area contributed by atoms with E-state index in [0.717, 1.165) is 29.5 Å². The molecule has 1 nitrogen and oxygen atoms in total. The fourth-order valence-corrected chi connectivity index (χ4v) is 3.53. The lowest BCUT2D eigenvalue weighted by Gasteiger charge is -2.43. The zero-order valence-electron chi connectivity index (χ0n) is 11.9. The van der Waals surface area contributed by atoms with Gasteiger partial charge in [0.05, 0.1) is 0 Å². The maximum absolute atomic E-state index is 14.4. The van der Waals surface area contributed by atoms with E-state index in [1.54, 1.807) is 6.07 Å². The minimum atomic E-state index is -0.500. The molecule has 0 radical (unpaired) electrons. The Bertz CT molecular complexity index is 431. The number of hydrogen-bond donors (Lipinski definition) is 1. The summed E-state index contributed by atoms with van der Waals surface area (Å²) in [5, 5.41) is 0. The van der Waals surface area contributed by atoms with Crippen molar-refractivity contribution in [1.29, 1.82) is 0 Å². The van der Waals surface area contributed by atoms with Gasteiger partial charge in [0, 0.05) is 11.1 Å². The lowest BCUT2D eigenvalue weighted by Crippen LogP contribution is -2.48. The SMILES string of the molecule is Cc1cc(C)c(C2(N)CC(C)CCC2C)c(F)c1. The third kappa shape index (κ3) is 2.18. The van der Waals surface area contributed by atoms with Gasteiger partial charge in [0.15, 0.2) is 0 Å². The highest BCUT2D eigenvalue weighted by atomic mass is 19.1. The largest absolute Gasteiger partial charge is 0.321 e. The van der Waals surface area contributed by atoms with Gasteiger partial charge in [0.1, 0.15) is 5.82 Å². The van der Waals surface area contributed by atoms with Gasteiger partial charge in [0.2, 0.25) is 0 Å². The first-order valence-electron chi connectivity index (χ1n) is 6.90. The van der Waals surface area contributed by atoms with E-state index in [2.05, 4.69) is 13.8 Å². The van der Waals surface area contributed by atoms with E-state index < -0.39 is 5.54 Å². The van der Waals surface area contributed by atoms with E-state index in [1.165, 1.54) is 6.42 Å². The highest BCUT2D eigenvalue weighted by Crippen LogP contribution is 2.44. The molecule has 18 heavy (non-hydrogen) atoms. The van der Waals surface area contributed by atoms with Crippen LogP contribution >= 0.6 is 0 Å². The maximum atomic E-state index is 14.4. The van der Waals surface area contributed by atoms with Crippen LogP contribution in [0.5, 0.6) is 0 Å². The van der Waals surface area contributed by atoms with Crippen LogP contribution in [0.1, 0.15) is 49.8 Å². The molecule has 0 heterocycles. The van der Waals surface area contributed by atoms with Gasteiger partial charge in [0.25, 0.3) is 0 Å². The smallest absolute Gasteiger partial charge is 0.128 e. The summed E-state index contributed by atoms with van der Waals surface area (Å²) in [7, 11) is 0. The lowest BCUT2D eigenvalue weighted by molar-refractivity contribution is 0.157. The van der Waals surface area contributed by atoms with Crippen molar-refractivity contribution in [2.45, 2.75) is 52.5 Å². The molecular formula is C16H24FN. The monoisotopic (exact) mass is 249 g/mol. The van der Waals surface area contributed by atoms with Crippen LogP contribution in [0.4, 0.5) is 4.39 Å². The molecule has 0 aliphatic heterocycles. The molecule has 1 aromatic rings. The first-order chi connectivity index (χ1) is 8.34. The highest BCUT2D eigenvalue weighted by molar-refractivity contribution is 5.38. The predicted octanol–water partition coefficient (Wildman–Crippen LogP) is 4.05. The van der Waals surface area contributed by atoms with Crippen LogP contribution in [0.2, 0.25) is 0 Å². The summed E-state index contributed by atoms with van der Waals surface area (Å²) in [5.74, 6) is 0.784. The molecule has 0 amide bonds. The standard InChI is InChI=1S/C16H24FN/c1-10-5-6-13(4)16(18,9-10)15-12(3)7-11(2)8-14(15)17/h7-8,10,13H,5-6,9,18H2,1-4H3. The van der Waals surface area contributed by atoms with Crippen molar-refractivity contribution in [2.24, 2.45) is 17.6 Å². The second kappa shape index (κ2) is 4.65. The zero-order chi connectivity index (χ0) is 13.5. The van der Waals surface area contributed by atoms with E-state index in [0.29, 0.717) is 11.8 Å². The third-order valence-electron chi connectivity index (χ3n) is 4.56. The van der Waals surface area contributed by atoms with Crippen molar-refractivity contribution in [3.05, 3.63) is 34.6 Å². The van der Waals surface area contributed by atoms with Crippen molar-refractivity contribution < 1.29 is 4.39 Å². The van der Waals surface area contributed by atoms with E-state index in [-0.39, 0.29) is 5.82 Å². The Morgan fingerprint density at radius 1 is 1.22 bits per heavy atom. The van der Waals surface area contributed by atoms with Gasteiger partial charge in [-0.15, -0.1) is 0 Å². The van der Waals surface area contributed by atoms with Crippen molar-refractivity contribution in [1.82, 2.24) is 0 Å². The molecule has 100 valence electrons. The van der Waals surface area contributed by atoms with Crippen molar-refractivity contribution in [2.75, 3.05) is 0 Å². The van der Waals surface area contributed by atoms with Gasteiger partial charge in [-0.25, -0.2) is 4.39 Å². The van der Waals surface area contributed by atoms with Crippen LogP contribution in [0.3, 0.4) is 0 Å². The number of halogens is 1. The normalized spacial score (nSPS) is 32.6. The molecule has 0 spiro atoms. The van der Waals surface area contributed by atoms with E-state index >= 15 is 0 Å². The Kier molecular flexibility index (Phi) is 3.50. The van der Waals surface area contributed by atoms with Gasteiger partial charge in [-0.3, -0.25) is 0 Å². The average Bonchev–Trinajstić information content (AvgIpc) is 2.22. The van der Waals surface area contributed by atoms with Gasteiger partial charge in [-0.1, -0.05) is 26.3 Å². The topological polar surface area (TPSA) is 26.0 Å². The molecule has 2 rings (SSSR count). The molecule has 1 aliphatic rings. The average molecular weight is 249 g/mol. The Balaban J connectivity index is 2.52. The van der Waals surface area contributed by atoms with Crippen molar-refractivity contribution in [3.8, 4) is 0 Å². The van der Waals surface area contributed by atoms with Crippen molar-refractivity contribution >= 4 is 0 Å². The van der Waals surface area contributed by atoms with E-state index in [4.69, 9.17) is 5.73 Å². The first kappa shape index (κ1) is 13.5. The second-order valence-electron chi connectivity index (χ2n) is 6.27. The molecule has 2 N–H and O–H groups in total. The Morgan fingerprint density at radius 2 is 1.89 bits per heavy atom. The summed E-state index contributed by atoms with van der Waals surface area (Å²) >= 11 is 0.